The molecule has 5 rings (SSSR count). The van der Waals surface area contributed by atoms with Gasteiger partial charge in [0.05, 0.1) is 23.6 Å². The molecule has 164 valence electrons. The molecule has 6 heteroatoms. The molecule has 0 N–H and O–H groups in total. The third-order valence-electron chi connectivity index (χ3n) is 6.88. The minimum absolute atomic E-state index is 0.0372. The van der Waals surface area contributed by atoms with Crippen LogP contribution in [0.4, 0.5) is 5.69 Å². The number of imide groups is 1. The molecule has 2 aromatic rings. The van der Waals surface area contributed by atoms with E-state index in [0.717, 1.165) is 16.7 Å². The highest BCUT2D eigenvalue weighted by Crippen LogP contribution is 2.54. The highest BCUT2D eigenvalue weighted by Gasteiger charge is 2.65. The number of carbonyl (C=O) groups is 3. The fraction of sp³-hybridized carbons (Fsp3) is 0.346. The second kappa shape index (κ2) is 7.04. The van der Waals surface area contributed by atoms with Crippen LogP contribution >= 0.6 is 11.6 Å². The fourth-order valence-electron chi connectivity index (χ4n) is 5.36. The predicted molar refractivity (Wildman–Crippen MR) is 124 cm³/mol. The monoisotopic (exact) mass is 448 g/mol. The number of Topliss-reactive ketones (excluding diaryl/α,β-unsaturated/α-hetero) is 1. The van der Waals surface area contributed by atoms with Crippen molar-refractivity contribution in [2.24, 2.45) is 17.3 Å². The van der Waals surface area contributed by atoms with Gasteiger partial charge < -0.3 is 4.90 Å². The van der Waals surface area contributed by atoms with Crippen LogP contribution in [0.5, 0.6) is 0 Å². The minimum atomic E-state index is -0.742. The Labute approximate surface area is 192 Å². The molecular weight excluding hydrogens is 424 g/mol. The summed E-state index contributed by atoms with van der Waals surface area (Å²) in [5.74, 6) is -2.01. The van der Waals surface area contributed by atoms with Crippen molar-refractivity contribution in [3.63, 3.8) is 0 Å². The highest BCUT2D eigenvalue weighted by molar-refractivity contribution is 6.31. The zero-order valence-corrected chi connectivity index (χ0v) is 19.3. The Hall–Kier alpha value is -2.92. The van der Waals surface area contributed by atoms with E-state index in [1.807, 2.05) is 69.1 Å². The van der Waals surface area contributed by atoms with Crippen LogP contribution in [0.3, 0.4) is 0 Å². The second-order valence-corrected chi connectivity index (χ2v) is 10.3. The van der Waals surface area contributed by atoms with Crippen molar-refractivity contribution in [3.05, 3.63) is 70.4 Å². The lowest BCUT2D eigenvalue weighted by Crippen LogP contribution is -2.47. The van der Waals surface area contributed by atoms with Crippen LogP contribution in [-0.4, -0.2) is 28.5 Å². The van der Waals surface area contributed by atoms with Crippen molar-refractivity contribution in [1.29, 1.82) is 0 Å². The summed E-state index contributed by atoms with van der Waals surface area (Å²) < 4.78 is 0. The summed E-state index contributed by atoms with van der Waals surface area (Å²) in [6.45, 7) is 7.43. The molecule has 5 nitrogen and oxygen atoms in total. The zero-order valence-electron chi connectivity index (χ0n) is 18.5. The Morgan fingerprint density at radius 3 is 2.41 bits per heavy atom. The number of nitrogens with zero attached hydrogens (tertiary/aromatic N) is 2. The first-order chi connectivity index (χ1) is 15.1. The number of anilines is 1. The van der Waals surface area contributed by atoms with Crippen LogP contribution in [0.25, 0.3) is 6.08 Å². The van der Waals surface area contributed by atoms with E-state index in [4.69, 9.17) is 11.6 Å². The van der Waals surface area contributed by atoms with E-state index in [1.165, 1.54) is 4.90 Å². The molecule has 2 amide bonds. The minimum Gasteiger partial charge on any atom is -0.359 e. The van der Waals surface area contributed by atoms with Gasteiger partial charge in [-0.25, -0.2) is 4.90 Å². The molecule has 0 saturated carbocycles. The summed E-state index contributed by atoms with van der Waals surface area (Å²) in [6.07, 6.45) is 3.85. The van der Waals surface area contributed by atoms with E-state index in [9.17, 15) is 14.4 Å². The van der Waals surface area contributed by atoms with Gasteiger partial charge >= 0.3 is 0 Å². The number of aryl methyl sites for hydroxylation is 1. The first kappa shape index (κ1) is 21.0. The van der Waals surface area contributed by atoms with Crippen LogP contribution < -0.4 is 4.90 Å². The van der Waals surface area contributed by atoms with Crippen molar-refractivity contribution in [2.45, 2.75) is 39.8 Å². The van der Waals surface area contributed by atoms with Gasteiger partial charge in [0, 0.05) is 16.6 Å². The maximum Gasteiger partial charge on any atom is 0.240 e. The zero-order chi connectivity index (χ0) is 22.9. The van der Waals surface area contributed by atoms with Crippen LogP contribution in [-0.2, 0) is 14.4 Å². The molecule has 2 aromatic carbocycles. The maximum atomic E-state index is 13.8. The molecule has 4 atom stereocenters. The number of halogens is 1. The molecule has 0 radical (unpaired) electrons. The predicted octanol–water partition coefficient (Wildman–Crippen LogP) is 4.78. The molecule has 2 fully saturated rings. The van der Waals surface area contributed by atoms with Gasteiger partial charge in [-0.3, -0.25) is 14.4 Å². The van der Waals surface area contributed by atoms with E-state index in [1.54, 1.807) is 18.2 Å². The first-order valence-electron chi connectivity index (χ1n) is 10.8. The smallest absolute Gasteiger partial charge is 0.240 e. The number of carbonyl (C=O) groups excluding carboxylic acids is 3. The number of rotatable bonds is 2. The lowest BCUT2D eigenvalue weighted by Gasteiger charge is -2.37. The molecular formula is C26H25ClN2O3. The molecule has 0 bridgehead atoms. The molecule has 0 unspecified atom stereocenters. The standard InChI is InChI=1S/C26H25ClN2O3/c1-14-9-10-16(27)13-18(14)29-24(31)19-20(25(29)32)22(23(30)26(2,3)4)28-12-11-15-7-5-6-8-17(15)21(19)28/h5-13,19-22H,1-4H3/t19-,20+,21+,22+/m0/s1. The lowest BCUT2D eigenvalue weighted by atomic mass is 9.79. The third-order valence-corrected chi connectivity index (χ3v) is 7.12. The van der Waals surface area contributed by atoms with Crippen molar-refractivity contribution in [3.8, 4) is 0 Å². The third kappa shape index (κ3) is 2.87. The summed E-state index contributed by atoms with van der Waals surface area (Å²) in [7, 11) is 0. The molecule has 32 heavy (non-hydrogen) atoms. The van der Waals surface area contributed by atoms with Gasteiger partial charge in [0.25, 0.3) is 0 Å². The van der Waals surface area contributed by atoms with E-state index in [-0.39, 0.29) is 23.6 Å². The lowest BCUT2D eigenvalue weighted by molar-refractivity contribution is -0.135. The van der Waals surface area contributed by atoms with E-state index < -0.39 is 23.3 Å². The van der Waals surface area contributed by atoms with E-state index >= 15 is 0 Å². The number of ketones is 1. The van der Waals surface area contributed by atoms with Gasteiger partial charge in [-0.05, 0) is 41.8 Å². The van der Waals surface area contributed by atoms with Gasteiger partial charge in [-0.15, -0.1) is 0 Å². The number of amides is 2. The molecule has 0 spiro atoms. The largest absolute Gasteiger partial charge is 0.359 e. The van der Waals surface area contributed by atoms with Gasteiger partial charge in [0.1, 0.15) is 6.04 Å². The van der Waals surface area contributed by atoms with Crippen LogP contribution in [0.2, 0.25) is 5.02 Å². The van der Waals surface area contributed by atoms with Crippen LogP contribution in [0.1, 0.15) is 43.5 Å². The van der Waals surface area contributed by atoms with E-state index in [2.05, 4.69) is 0 Å². The summed E-state index contributed by atoms with van der Waals surface area (Å²) >= 11 is 6.21. The van der Waals surface area contributed by atoms with Crippen molar-refractivity contribution >= 4 is 41.0 Å². The van der Waals surface area contributed by atoms with Gasteiger partial charge in [0.2, 0.25) is 11.8 Å². The number of benzene rings is 2. The summed E-state index contributed by atoms with van der Waals surface area (Å²) in [4.78, 5) is 44.5. The first-order valence-corrected chi connectivity index (χ1v) is 11.2. The van der Waals surface area contributed by atoms with Crippen molar-refractivity contribution in [2.75, 3.05) is 4.90 Å². The number of fused-ring (bicyclic) bond motifs is 5. The topological polar surface area (TPSA) is 57.7 Å². The molecule has 0 aromatic heterocycles. The van der Waals surface area contributed by atoms with Crippen molar-refractivity contribution < 1.29 is 14.4 Å². The van der Waals surface area contributed by atoms with Gasteiger partial charge in [-0.1, -0.05) is 62.7 Å². The molecule has 3 aliphatic heterocycles. The Morgan fingerprint density at radius 2 is 1.69 bits per heavy atom. The summed E-state index contributed by atoms with van der Waals surface area (Å²) in [6, 6.07) is 12.0. The Bertz CT molecular complexity index is 1200. The fourth-order valence-corrected chi connectivity index (χ4v) is 5.53. The summed E-state index contributed by atoms with van der Waals surface area (Å²) in [5, 5.41) is 0.457. The second-order valence-electron chi connectivity index (χ2n) is 9.89. The SMILES string of the molecule is Cc1ccc(Cl)cc1N1C(=O)[C@@H]2[C@H](C1=O)[C@H]1c3ccccc3C=CN1[C@H]2C(=O)C(C)(C)C. The van der Waals surface area contributed by atoms with Crippen LogP contribution in [0, 0.1) is 24.2 Å². The van der Waals surface area contributed by atoms with Gasteiger partial charge in [0.15, 0.2) is 5.78 Å². The molecule has 3 aliphatic rings. The molecule has 2 saturated heterocycles. The Morgan fingerprint density at radius 1 is 1.00 bits per heavy atom. The normalized spacial score (nSPS) is 26.3. The van der Waals surface area contributed by atoms with E-state index in [0.29, 0.717) is 10.7 Å². The number of hydrogen-bond donors (Lipinski definition) is 0. The summed E-state index contributed by atoms with van der Waals surface area (Å²) in [5.41, 5.74) is 2.61. The molecule has 0 aliphatic carbocycles. The van der Waals surface area contributed by atoms with Crippen molar-refractivity contribution in [1.82, 2.24) is 4.90 Å². The van der Waals surface area contributed by atoms with Gasteiger partial charge in [-0.2, -0.15) is 0 Å². The number of hydrogen-bond acceptors (Lipinski definition) is 4. The average molecular weight is 449 g/mol. The molecule has 3 heterocycles. The maximum absolute atomic E-state index is 13.8. The highest BCUT2D eigenvalue weighted by atomic mass is 35.5. The Kier molecular flexibility index (Phi) is 4.61. The Balaban J connectivity index is 1.69. The van der Waals surface area contributed by atoms with Crippen LogP contribution in [0.15, 0.2) is 48.7 Å². The average Bonchev–Trinajstić information content (AvgIpc) is 3.21. The quantitative estimate of drug-likeness (QED) is 0.620.